The summed E-state index contributed by atoms with van der Waals surface area (Å²) >= 11 is 6.02. The van der Waals surface area contributed by atoms with Crippen LogP contribution >= 0.6 is 11.6 Å². The van der Waals surface area contributed by atoms with E-state index in [1.807, 2.05) is 18.2 Å². The molecule has 3 rings (SSSR count). The van der Waals surface area contributed by atoms with E-state index in [0.717, 1.165) is 23.7 Å². The second kappa shape index (κ2) is 10.0. The van der Waals surface area contributed by atoms with E-state index in [4.69, 9.17) is 16.3 Å². The van der Waals surface area contributed by atoms with Crippen molar-refractivity contribution in [1.29, 1.82) is 0 Å². The van der Waals surface area contributed by atoms with E-state index in [1.165, 1.54) is 37.9 Å². The Morgan fingerprint density at radius 1 is 0.875 bits per heavy atom. The van der Waals surface area contributed by atoms with Gasteiger partial charge in [-0.3, -0.25) is 0 Å². The van der Waals surface area contributed by atoms with Crippen LogP contribution in [0.1, 0.15) is 36.5 Å². The van der Waals surface area contributed by atoms with Crippen LogP contribution in [-0.4, -0.2) is 26.2 Å². The molecule has 1 unspecified atom stereocenters. The molecule has 24 heavy (non-hydrogen) atoms. The summed E-state index contributed by atoms with van der Waals surface area (Å²) in [5.41, 5.74) is 2.36. The third-order valence-corrected chi connectivity index (χ3v) is 4.83. The monoisotopic (exact) mass is 365 g/mol. The highest BCUT2D eigenvalue weighted by Crippen LogP contribution is 2.26. The van der Waals surface area contributed by atoms with Crippen molar-refractivity contribution in [1.82, 2.24) is 0 Å². The fourth-order valence-electron chi connectivity index (χ4n) is 3.27. The Bertz CT molecular complexity index is 582. The Hall–Kier alpha value is -1.06. The lowest BCUT2D eigenvalue weighted by molar-refractivity contribution is -0.905. The number of quaternary nitrogens is 1. The molecule has 0 spiro atoms. The molecule has 1 fully saturated rings. The van der Waals surface area contributed by atoms with Gasteiger partial charge in [-0.15, -0.1) is 0 Å². The van der Waals surface area contributed by atoms with E-state index in [1.54, 1.807) is 4.90 Å². The summed E-state index contributed by atoms with van der Waals surface area (Å²) in [5.74, 6) is 0. The number of hydrogen-bond donors (Lipinski definition) is 1. The van der Waals surface area contributed by atoms with Crippen molar-refractivity contribution in [3.8, 4) is 0 Å². The van der Waals surface area contributed by atoms with Crippen molar-refractivity contribution < 1.29 is 22.0 Å². The van der Waals surface area contributed by atoms with E-state index in [9.17, 15) is 0 Å². The second-order valence-corrected chi connectivity index (χ2v) is 6.71. The normalized spacial score (nSPS) is 16.4. The number of nitrogens with one attached hydrogen (secondary N) is 1. The summed E-state index contributed by atoms with van der Waals surface area (Å²) in [6.45, 7) is 4.47. The smallest absolute Gasteiger partial charge is 0.108 e. The second-order valence-electron chi connectivity index (χ2n) is 6.27. The van der Waals surface area contributed by atoms with Gasteiger partial charge in [-0.2, -0.15) is 0 Å². The maximum atomic E-state index is 6.29. The summed E-state index contributed by atoms with van der Waals surface area (Å²) in [5, 5.41) is 0.762. The standard InChI is InChI=1S/C20H24ClNO.ClH/c21-19-11-9-18(10-12-19)20(17-7-3-1-4-8-17)23-16-15-22-13-5-2-6-14-22;/h1,3-4,7-12,20H,2,5-6,13-16H2;1H. The van der Waals surface area contributed by atoms with Gasteiger partial charge in [-0.25, -0.2) is 0 Å². The first-order valence-corrected chi connectivity index (χ1v) is 8.96. The molecule has 130 valence electrons. The van der Waals surface area contributed by atoms with Crippen molar-refractivity contribution in [2.45, 2.75) is 25.4 Å². The number of halogens is 2. The predicted molar refractivity (Wildman–Crippen MR) is 95.1 cm³/mol. The van der Waals surface area contributed by atoms with E-state index in [2.05, 4.69) is 36.4 Å². The molecule has 2 aromatic carbocycles. The average molecular weight is 366 g/mol. The van der Waals surface area contributed by atoms with Crippen LogP contribution < -0.4 is 17.3 Å². The van der Waals surface area contributed by atoms with Gasteiger partial charge in [0.05, 0.1) is 19.7 Å². The molecule has 1 heterocycles. The summed E-state index contributed by atoms with van der Waals surface area (Å²) < 4.78 is 6.29. The lowest BCUT2D eigenvalue weighted by atomic mass is 10.0. The lowest BCUT2D eigenvalue weighted by Gasteiger charge is -2.25. The average Bonchev–Trinajstić information content (AvgIpc) is 2.61. The van der Waals surface area contributed by atoms with Gasteiger partial charge in [-0.1, -0.05) is 54.1 Å². The minimum absolute atomic E-state index is 0. The van der Waals surface area contributed by atoms with Gasteiger partial charge in [0.25, 0.3) is 0 Å². The number of hydrogen-bond acceptors (Lipinski definition) is 1. The van der Waals surface area contributed by atoms with Crippen LogP contribution in [0.3, 0.4) is 0 Å². The van der Waals surface area contributed by atoms with Crippen LogP contribution in [-0.2, 0) is 4.74 Å². The first-order valence-electron chi connectivity index (χ1n) is 8.58. The maximum absolute atomic E-state index is 6.29. The number of piperidine rings is 1. The largest absolute Gasteiger partial charge is 1.00 e. The summed E-state index contributed by atoms with van der Waals surface area (Å²) in [6, 6.07) is 18.4. The number of likely N-dealkylation sites (tertiary alicyclic amines) is 1. The quantitative estimate of drug-likeness (QED) is 0.787. The minimum Gasteiger partial charge on any atom is -1.00 e. The number of rotatable bonds is 6. The molecule has 1 saturated heterocycles. The molecule has 0 saturated carbocycles. The zero-order chi connectivity index (χ0) is 15.9. The molecule has 0 amide bonds. The van der Waals surface area contributed by atoms with Crippen molar-refractivity contribution in [3.63, 3.8) is 0 Å². The Morgan fingerprint density at radius 3 is 2.17 bits per heavy atom. The van der Waals surface area contributed by atoms with Crippen LogP contribution in [0.15, 0.2) is 54.6 Å². The third kappa shape index (κ3) is 5.49. The van der Waals surface area contributed by atoms with Crippen LogP contribution in [0, 0.1) is 0 Å². The highest BCUT2D eigenvalue weighted by molar-refractivity contribution is 6.30. The van der Waals surface area contributed by atoms with Gasteiger partial charge in [-0.05, 0) is 42.5 Å². The Balaban J connectivity index is 0.00000208. The molecule has 0 aromatic heterocycles. The van der Waals surface area contributed by atoms with Gasteiger partial charge in [0.15, 0.2) is 0 Å². The lowest BCUT2D eigenvalue weighted by Crippen LogP contribution is -3.13. The first kappa shape index (κ1) is 19.3. The van der Waals surface area contributed by atoms with E-state index < -0.39 is 0 Å². The summed E-state index contributed by atoms with van der Waals surface area (Å²) in [7, 11) is 0. The van der Waals surface area contributed by atoms with Crippen molar-refractivity contribution in [2.75, 3.05) is 26.2 Å². The Labute approximate surface area is 156 Å². The Morgan fingerprint density at radius 2 is 1.50 bits per heavy atom. The fourth-order valence-corrected chi connectivity index (χ4v) is 3.40. The highest BCUT2D eigenvalue weighted by atomic mass is 35.5. The van der Waals surface area contributed by atoms with Crippen LogP contribution in [0.4, 0.5) is 0 Å². The van der Waals surface area contributed by atoms with Gasteiger partial charge in [0.2, 0.25) is 0 Å². The molecular formula is C20H25Cl2NO. The molecule has 2 nitrogen and oxygen atoms in total. The van der Waals surface area contributed by atoms with E-state index in [0.29, 0.717) is 0 Å². The van der Waals surface area contributed by atoms with Gasteiger partial charge in [0, 0.05) is 5.02 Å². The molecule has 1 aliphatic rings. The zero-order valence-corrected chi connectivity index (χ0v) is 15.4. The topological polar surface area (TPSA) is 13.7 Å². The maximum Gasteiger partial charge on any atom is 0.108 e. The van der Waals surface area contributed by atoms with Gasteiger partial charge >= 0.3 is 0 Å². The molecule has 1 atom stereocenters. The molecule has 2 aromatic rings. The Kier molecular flexibility index (Phi) is 8.07. The SMILES string of the molecule is Clc1ccc(C(OCC[NH+]2CCCCC2)c2ccccc2)cc1.[Cl-]. The van der Waals surface area contributed by atoms with Crippen molar-refractivity contribution in [3.05, 3.63) is 70.7 Å². The van der Waals surface area contributed by atoms with Crippen LogP contribution in [0.5, 0.6) is 0 Å². The van der Waals surface area contributed by atoms with E-state index >= 15 is 0 Å². The molecular weight excluding hydrogens is 341 g/mol. The van der Waals surface area contributed by atoms with Crippen LogP contribution in [0.25, 0.3) is 0 Å². The van der Waals surface area contributed by atoms with Gasteiger partial charge < -0.3 is 22.0 Å². The van der Waals surface area contributed by atoms with E-state index in [-0.39, 0.29) is 18.5 Å². The number of benzene rings is 2. The summed E-state index contributed by atoms with van der Waals surface area (Å²) in [4.78, 5) is 1.68. The molecule has 1 N–H and O–H groups in total. The highest BCUT2D eigenvalue weighted by Gasteiger charge is 2.17. The predicted octanol–water partition coefficient (Wildman–Crippen LogP) is 0.519. The molecule has 0 radical (unpaired) electrons. The third-order valence-electron chi connectivity index (χ3n) is 4.58. The number of ether oxygens (including phenoxy) is 1. The molecule has 1 aliphatic heterocycles. The molecule has 0 aliphatic carbocycles. The van der Waals surface area contributed by atoms with Crippen molar-refractivity contribution >= 4 is 11.6 Å². The van der Waals surface area contributed by atoms with Gasteiger partial charge in [0.1, 0.15) is 12.6 Å². The van der Waals surface area contributed by atoms with Crippen molar-refractivity contribution in [2.24, 2.45) is 0 Å². The summed E-state index contributed by atoms with van der Waals surface area (Å²) in [6.07, 6.45) is 4.09. The fraction of sp³-hybridized carbons (Fsp3) is 0.400. The minimum atomic E-state index is -0.0161. The molecule has 4 heteroatoms. The first-order chi connectivity index (χ1) is 11.3. The van der Waals surface area contributed by atoms with Crippen LogP contribution in [0.2, 0.25) is 5.02 Å². The molecule has 0 bridgehead atoms. The zero-order valence-electron chi connectivity index (χ0n) is 13.9.